The molecule has 0 radical (unpaired) electrons. The van der Waals surface area contributed by atoms with Crippen molar-refractivity contribution >= 4 is 5.95 Å². The van der Waals surface area contributed by atoms with Crippen LogP contribution in [0.25, 0.3) is 33.8 Å². The number of fused-ring (bicyclic) bond motifs is 1. The molecule has 6 rings (SSSR count). The van der Waals surface area contributed by atoms with Crippen LogP contribution in [0.15, 0.2) is 65.6 Å². The fourth-order valence-corrected chi connectivity index (χ4v) is 5.29. The molecule has 1 aromatic carbocycles. The molecule has 7 nitrogen and oxygen atoms in total. The molecule has 0 spiro atoms. The van der Waals surface area contributed by atoms with E-state index in [1.54, 1.807) is 12.4 Å². The van der Waals surface area contributed by atoms with Crippen molar-refractivity contribution in [3.63, 3.8) is 0 Å². The van der Waals surface area contributed by atoms with E-state index in [0.717, 1.165) is 73.9 Å². The van der Waals surface area contributed by atoms with Crippen molar-refractivity contribution in [3.8, 4) is 33.8 Å². The molecular formula is C30H35N5O2. The lowest BCUT2D eigenvalue weighted by Crippen LogP contribution is -2.45. The molecule has 1 saturated heterocycles. The van der Waals surface area contributed by atoms with Crippen LogP contribution in [0.2, 0.25) is 0 Å². The number of likely N-dealkylation sites (N-methyl/N-ethyl adjacent to an activating group) is 1. The first-order chi connectivity index (χ1) is 18.0. The molecule has 1 aliphatic heterocycles. The lowest BCUT2D eigenvalue weighted by molar-refractivity contribution is 0.311. The lowest BCUT2D eigenvalue weighted by Gasteiger charge is -2.32. The Morgan fingerprint density at radius 2 is 1.57 bits per heavy atom. The Bertz CT molecular complexity index is 1340. The van der Waals surface area contributed by atoms with E-state index in [9.17, 15) is 0 Å². The topological polar surface area (TPSA) is 78.5 Å². The summed E-state index contributed by atoms with van der Waals surface area (Å²) in [4.78, 5) is 18.1. The maximum absolute atomic E-state index is 7.00. The van der Waals surface area contributed by atoms with E-state index >= 15 is 0 Å². The van der Waals surface area contributed by atoms with Crippen LogP contribution in [0.5, 0.6) is 0 Å². The van der Waals surface area contributed by atoms with Crippen molar-refractivity contribution in [3.05, 3.63) is 72.3 Å². The van der Waals surface area contributed by atoms with Crippen molar-refractivity contribution in [2.75, 3.05) is 45.2 Å². The number of aryl methyl sites for hydroxylation is 1. The lowest BCUT2D eigenvalue weighted by atomic mass is 9.86. The van der Waals surface area contributed by atoms with Gasteiger partial charge in [0.05, 0.1) is 5.56 Å². The van der Waals surface area contributed by atoms with Gasteiger partial charge in [0, 0.05) is 69.2 Å². The number of rotatable bonds is 4. The molecule has 4 aromatic rings. The van der Waals surface area contributed by atoms with E-state index in [2.05, 4.69) is 69.9 Å². The van der Waals surface area contributed by atoms with Crippen molar-refractivity contribution in [1.82, 2.24) is 19.9 Å². The van der Waals surface area contributed by atoms with E-state index in [4.69, 9.17) is 9.52 Å². The third-order valence-electron chi connectivity index (χ3n) is 7.55. The molecule has 2 aliphatic rings. The van der Waals surface area contributed by atoms with E-state index in [-0.39, 0.29) is 5.41 Å². The van der Waals surface area contributed by atoms with Gasteiger partial charge in [-0.15, -0.1) is 0 Å². The third kappa shape index (κ3) is 5.02. The maximum Gasteiger partial charge on any atom is 0.225 e. The molecule has 0 bridgehead atoms. The second-order valence-corrected chi connectivity index (χ2v) is 10.4. The Morgan fingerprint density at radius 1 is 0.865 bits per heavy atom. The predicted octanol–water partition coefficient (Wildman–Crippen LogP) is 5.05. The van der Waals surface area contributed by atoms with Gasteiger partial charge < -0.3 is 19.3 Å². The van der Waals surface area contributed by atoms with Crippen LogP contribution >= 0.6 is 0 Å². The number of aliphatic hydroxyl groups excluding tert-OH is 1. The smallest absolute Gasteiger partial charge is 0.225 e. The predicted molar refractivity (Wildman–Crippen MR) is 148 cm³/mol. The summed E-state index contributed by atoms with van der Waals surface area (Å²) in [5, 5.41) is 7.00. The maximum atomic E-state index is 7.00. The van der Waals surface area contributed by atoms with Gasteiger partial charge in [-0.05, 0) is 60.2 Å². The summed E-state index contributed by atoms with van der Waals surface area (Å²) in [6.07, 6.45) is 9.68. The summed E-state index contributed by atoms with van der Waals surface area (Å²) in [7, 11) is 3.15. The highest BCUT2D eigenvalue weighted by Gasteiger charge is 2.30. The Hall–Kier alpha value is -3.55. The number of piperazine rings is 1. The van der Waals surface area contributed by atoms with Crippen LogP contribution in [-0.2, 0) is 11.8 Å². The van der Waals surface area contributed by atoms with Crippen LogP contribution in [0.1, 0.15) is 31.4 Å². The Balaban J connectivity index is 0.00000137. The molecule has 1 N–H and O–H groups in total. The molecule has 0 atom stereocenters. The summed E-state index contributed by atoms with van der Waals surface area (Å²) in [6, 6.07) is 13.0. The van der Waals surface area contributed by atoms with Crippen LogP contribution < -0.4 is 4.90 Å². The molecule has 7 heteroatoms. The van der Waals surface area contributed by atoms with Crippen molar-refractivity contribution in [2.24, 2.45) is 0 Å². The second-order valence-electron chi connectivity index (χ2n) is 10.4. The normalized spacial score (nSPS) is 16.7. The summed E-state index contributed by atoms with van der Waals surface area (Å²) in [6.45, 7) is 8.62. The van der Waals surface area contributed by atoms with E-state index in [1.807, 2.05) is 24.5 Å². The molecule has 0 unspecified atom stereocenters. The first-order valence-electron chi connectivity index (χ1n) is 12.9. The zero-order chi connectivity index (χ0) is 26.0. The molecule has 1 fully saturated rings. The number of benzene rings is 1. The molecule has 0 saturated carbocycles. The average Bonchev–Trinajstić information content (AvgIpc) is 3.52. The summed E-state index contributed by atoms with van der Waals surface area (Å²) < 4.78 is 6.47. The highest BCUT2D eigenvalue weighted by atomic mass is 16.3. The van der Waals surface area contributed by atoms with Gasteiger partial charge in [0.15, 0.2) is 0 Å². The van der Waals surface area contributed by atoms with Crippen molar-refractivity contribution in [2.45, 2.75) is 32.1 Å². The average molecular weight is 498 g/mol. The fourth-order valence-electron chi connectivity index (χ4n) is 5.29. The Morgan fingerprint density at radius 3 is 2.27 bits per heavy atom. The number of aliphatic hydroxyl groups is 1. The number of hydrogen-bond acceptors (Lipinski definition) is 7. The van der Waals surface area contributed by atoms with Gasteiger partial charge in [0.25, 0.3) is 0 Å². The molecule has 37 heavy (non-hydrogen) atoms. The van der Waals surface area contributed by atoms with E-state index < -0.39 is 0 Å². The summed E-state index contributed by atoms with van der Waals surface area (Å²) in [5.74, 6) is 2.41. The third-order valence-corrected chi connectivity index (χ3v) is 7.55. The zero-order valence-corrected chi connectivity index (χ0v) is 22.1. The monoisotopic (exact) mass is 497 g/mol. The minimum Gasteiger partial charge on any atom is -0.455 e. The van der Waals surface area contributed by atoms with Gasteiger partial charge in [-0.25, -0.2) is 9.97 Å². The Kier molecular flexibility index (Phi) is 7.09. The van der Waals surface area contributed by atoms with Gasteiger partial charge in [-0.1, -0.05) is 32.0 Å². The molecular weight excluding hydrogens is 462 g/mol. The van der Waals surface area contributed by atoms with E-state index in [0.29, 0.717) is 0 Å². The number of hydrogen-bond donors (Lipinski definition) is 1. The SMILES string of the molecule is CN1CCN(c2ncc(-c3cc(-c4ccc5c(c4)CCC5(C)C)c(-c4ccncc4)o3)cn2)CC1.CO. The number of anilines is 1. The van der Waals surface area contributed by atoms with Crippen LogP contribution in [-0.4, -0.2) is 65.3 Å². The summed E-state index contributed by atoms with van der Waals surface area (Å²) in [5.41, 5.74) is 7.30. The van der Waals surface area contributed by atoms with Crippen LogP contribution in [0.3, 0.4) is 0 Å². The largest absolute Gasteiger partial charge is 0.455 e. The number of aromatic nitrogens is 3. The minimum atomic E-state index is 0.242. The molecule has 192 valence electrons. The fraction of sp³-hybridized carbons (Fsp3) is 0.367. The minimum absolute atomic E-state index is 0.242. The quantitative estimate of drug-likeness (QED) is 0.423. The van der Waals surface area contributed by atoms with Crippen molar-refractivity contribution in [1.29, 1.82) is 0 Å². The number of nitrogens with zero attached hydrogens (tertiary/aromatic N) is 5. The van der Waals surface area contributed by atoms with Crippen molar-refractivity contribution < 1.29 is 9.52 Å². The first kappa shape index (κ1) is 25.1. The first-order valence-corrected chi connectivity index (χ1v) is 12.9. The van der Waals surface area contributed by atoms with Gasteiger partial charge in [0.2, 0.25) is 5.95 Å². The van der Waals surface area contributed by atoms with Crippen LogP contribution in [0.4, 0.5) is 5.95 Å². The molecule has 1 aliphatic carbocycles. The van der Waals surface area contributed by atoms with Gasteiger partial charge in [-0.2, -0.15) is 0 Å². The molecule has 4 heterocycles. The van der Waals surface area contributed by atoms with Gasteiger partial charge in [0.1, 0.15) is 11.5 Å². The molecule has 0 amide bonds. The number of furan rings is 1. The Labute approximate surface area is 218 Å². The van der Waals surface area contributed by atoms with E-state index in [1.165, 1.54) is 23.1 Å². The van der Waals surface area contributed by atoms with Crippen LogP contribution in [0, 0.1) is 0 Å². The van der Waals surface area contributed by atoms with Gasteiger partial charge >= 0.3 is 0 Å². The molecule has 3 aromatic heterocycles. The standard InChI is InChI=1S/C29H31N5O.CH4O/c1-29(2)9-6-22-16-21(4-5-25(22)29)24-17-26(35-27(24)20-7-10-30-11-8-20)23-18-31-28(32-19-23)34-14-12-33(3)13-15-34;1-2/h4-5,7-8,10-11,16-19H,6,9,12-15H2,1-3H3;2H,1H3. The highest BCUT2D eigenvalue weighted by molar-refractivity contribution is 5.84. The second kappa shape index (κ2) is 10.4. The summed E-state index contributed by atoms with van der Waals surface area (Å²) >= 11 is 0. The highest BCUT2D eigenvalue weighted by Crippen LogP contribution is 2.43. The van der Waals surface area contributed by atoms with Gasteiger partial charge in [-0.3, -0.25) is 4.98 Å². The number of pyridine rings is 1. The zero-order valence-electron chi connectivity index (χ0n) is 22.1.